The van der Waals surface area contributed by atoms with E-state index in [2.05, 4.69) is 24.8 Å². The number of hydrogen-bond acceptors (Lipinski definition) is 3. The van der Waals surface area contributed by atoms with Gasteiger partial charge in [0.25, 0.3) is 0 Å². The molecular formula is C12H17N3. The molecule has 0 saturated carbocycles. The van der Waals surface area contributed by atoms with Gasteiger partial charge in [0.15, 0.2) is 0 Å². The van der Waals surface area contributed by atoms with E-state index < -0.39 is 0 Å². The van der Waals surface area contributed by atoms with Crippen LogP contribution in [-0.4, -0.2) is 12.6 Å². The number of para-hydroxylation sites is 2. The van der Waals surface area contributed by atoms with Crippen LogP contribution in [0.1, 0.15) is 20.3 Å². The van der Waals surface area contributed by atoms with Crippen LogP contribution < -0.4 is 10.6 Å². The van der Waals surface area contributed by atoms with Crippen LogP contribution in [-0.2, 0) is 0 Å². The minimum absolute atomic E-state index is 0.350. The first-order valence-corrected chi connectivity index (χ1v) is 5.15. The second-order valence-corrected chi connectivity index (χ2v) is 3.75. The molecule has 80 valence electrons. The molecule has 0 aliphatic rings. The van der Waals surface area contributed by atoms with E-state index in [9.17, 15) is 0 Å². The number of benzene rings is 1. The molecule has 0 fully saturated rings. The highest BCUT2D eigenvalue weighted by Gasteiger charge is 2.11. The van der Waals surface area contributed by atoms with Crippen molar-refractivity contribution in [3.05, 3.63) is 24.3 Å². The molecule has 2 N–H and O–H groups in total. The molecule has 1 rings (SSSR count). The van der Waals surface area contributed by atoms with Crippen LogP contribution in [0.25, 0.3) is 0 Å². The Morgan fingerprint density at radius 2 is 2.07 bits per heavy atom. The Balaban J connectivity index is 2.90. The van der Waals surface area contributed by atoms with Crippen molar-refractivity contribution in [2.45, 2.75) is 26.3 Å². The van der Waals surface area contributed by atoms with Gasteiger partial charge in [-0.1, -0.05) is 12.1 Å². The summed E-state index contributed by atoms with van der Waals surface area (Å²) in [5.74, 6) is 0. The maximum atomic E-state index is 8.61. The molecule has 0 heterocycles. The Labute approximate surface area is 91.1 Å². The van der Waals surface area contributed by atoms with E-state index in [-0.39, 0.29) is 0 Å². The van der Waals surface area contributed by atoms with E-state index in [0.29, 0.717) is 12.5 Å². The Kier molecular flexibility index (Phi) is 3.99. The molecule has 0 spiro atoms. The normalized spacial score (nSPS) is 10.0. The lowest BCUT2D eigenvalue weighted by Gasteiger charge is -2.29. The van der Waals surface area contributed by atoms with Gasteiger partial charge in [0.2, 0.25) is 0 Å². The fourth-order valence-corrected chi connectivity index (χ4v) is 1.58. The van der Waals surface area contributed by atoms with Crippen molar-refractivity contribution < 1.29 is 0 Å². The number of rotatable bonds is 4. The number of hydrogen-bond donors (Lipinski definition) is 1. The van der Waals surface area contributed by atoms with E-state index in [1.807, 2.05) is 24.3 Å². The number of anilines is 2. The summed E-state index contributed by atoms with van der Waals surface area (Å²) < 4.78 is 0. The first-order valence-electron chi connectivity index (χ1n) is 5.15. The summed E-state index contributed by atoms with van der Waals surface area (Å²) in [4.78, 5) is 2.15. The lowest BCUT2D eigenvalue weighted by Crippen LogP contribution is -2.32. The van der Waals surface area contributed by atoms with E-state index >= 15 is 0 Å². The Morgan fingerprint density at radius 1 is 1.40 bits per heavy atom. The van der Waals surface area contributed by atoms with E-state index in [4.69, 9.17) is 11.0 Å². The molecular weight excluding hydrogens is 186 g/mol. The third-order valence-corrected chi connectivity index (χ3v) is 2.33. The maximum Gasteiger partial charge on any atom is 0.0640 e. The minimum Gasteiger partial charge on any atom is -0.397 e. The number of nitrogens with zero attached hydrogens (tertiary/aromatic N) is 2. The molecule has 3 heteroatoms. The van der Waals surface area contributed by atoms with Crippen LogP contribution in [0.15, 0.2) is 24.3 Å². The quantitative estimate of drug-likeness (QED) is 0.764. The third-order valence-electron chi connectivity index (χ3n) is 2.33. The molecule has 0 aliphatic heterocycles. The summed E-state index contributed by atoms with van der Waals surface area (Å²) in [6.07, 6.45) is 0.520. The molecule has 0 radical (unpaired) electrons. The number of nitrogens with two attached hydrogens (primary N) is 1. The highest BCUT2D eigenvalue weighted by atomic mass is 15.2. The minimum atomic E-state index is 0.350. The van der Waals surface area contributed by atoms with Gasteiger partial charge < -0.3 is 10.6 Å². The van der Waals surface area contributed by atoms with E-state index in [1.165, 1.54) is 0 Å². The Morgan fingerprint density at radius 3 is 2.60 bits per heavy atom. The van der Waals surface area contributed by atoms with Crippen molar-refractivity contribution in [1.82, 2.24) is 0 Å². The highest BCUT2D eigenvalue weighted by Crippen LogP contribution is 2.24. The summed E-state index contributed by atoms with van der Waals surface area (Å²) in [6.45, 7) is 4.93. The zero-order chi connectivity index (χ0) is 11.3. The SMILES string of the molecule is CC(C)N(CCC#N)c1ccccc1N. The van der Waals surface area contributed by atoms with E-state index in [0.717, 1.165) is 17.9 Å². The molecule has 3 nitrogen and oxygen atoms in total. The molecule has 0 aliphatic carbocycles. The van der Waals surface area contributed by atoms with Gasteiger partial charge in [0.1, 0.15) is 0 Å². The fourth-order valence-electron chi connectivity index (χ4n) is 1.58. The largest absolute Gasteiger partial charge is 0.397 e. The summed E-state index contributed by atoms with van der Waals surface area (Å²) in [5, 5.41) is 8.61. The number of nitrogen functional groups attached to an aromatic ring is 1. The summed E-state index contributed by atoms with van der Waals surface area (Å²) in [5.41, 5.74) is 7.69. The van der Waals surface area contributed by atoms with Gasteiger partial charge in [-0.05, 0) is 26.0 Å². The Bertz CT molecular complexity index is 352. The molecule has 15 heavy (non-hydrogen) atoms. The summed E-state index contributed by atoms with van der Waals surface area (Å²) in [7, 11) is 0. The van der Waals surface area contributed by atoms with Crippen molar-refractivity contribution in [3.8, 4) is 6.07 Å². The molecule has 0 bridgehead atoms. The van der Waals surface area contributed by atoms with Gasteiger partial charge in [-0.3, -0.25) is 0 Å². The van der Waals surface area contributed by atoms with Crippen molar-refractivity contribution >= 4 is 11.4 Å². The van der Waals surface area contributed by atoms with Crippen LogP contribution in [0, 0.1) is 11.3 Å². The van der Waals surface area contributed by atoms with Gasteiger partial charge in [0.05, 0.1) is 23.9 Å². The van der Waals surface area contributed by atoms with Gasteiger partial charge in [-0.15, -0.1) is 0 Å². The third kappa shape index (κ3) is 2.88. The lowest BCUT2D eigenvalue weighted by atomic mass is 10.2. The molecule has 1 aromatic carbocycles. The second kappa shape index (κ2) is 5.26. The van der Waals surface area contributed by atoms with Crippen LogP contribution in [0.3, 0.4) is 0 Å². The summed E-state index contributed by atoms with van der Waals surface area (Å²) >= 11 is 0. The van der Waals surface area contributed by atoms with E-state index in [1.54, 1.807) is 0 Å². The first-order chi connectivity index (χ1) is 7.16. The summed E-state index contributed by atoms with van der Waals surface area (Å²) in [6, 6.07) is 10.3. The van der Waals surface area contributed by atoms with Crippen molar-refractivity contribution in [2.24, 2.45) is 0 Å². The second-order valence-electron chi connectivity index (χ2n) is 3.75. The lowest BCUT2D eigenvalue weighted by molar-refractivity contribution is 0.687. The van der Waals surface area contributed by atoms with Gasteiger partial charge >= 0.3 is 0 Å². The number of nitriles is 1. The molecule has 0 saturated heterocycles. The van der Waals surface area contributed by atoms with Crippen LogP contribution in [0.2, 0.25) is 0 Å². The zero-order valence-corrected chi connectivity index (χ0v) is 9.27. The monoisotopic (exact) mass is 203 g/mol. The molecule has 0 atom stereocenters. The standard InChI is InChI=1S/C12H17N3/c1-10(2)15(9-5-8-13)12-7-4-3-6-11(12)14/h3-4,6-7,10H,5,9,14H2,1-2H3. The topological polar surface area (TPSA) is 53.0 Å². The zero-order valence-electron chi connectivity index (χ0n) is 9.27. The first kappa shape index (κ1) is 11.4. The molecule has 0 unspecified atom stereocenters. The van der Waals surface area contributed by atoms with Gasteiger partial charge in [-0.25, -0.2) is 0 Å². The molecule has 1 aromatic rings. The Hall–Kier alpha value is -1.69. The van der Waals surface area contributed by atoms with Crippen molar-refractivity contribution in [1.29, 1.82) is 5.26 Å². The van der Waals surface area contributed by atoms with Gasteiger partial charge in [0, 0.05) is 12.6 Å². The van der Waals surface area contributed by atoms with Crippen LogP contribution >= 0.6 is 0 Å². The average molecular weight is 203 g/mol. The maximum absolute atomic E-state index is 8.61. The molecule has 0 amide bonds. The van der Waals surface area contributed by atoms with Crippen LogP contribution in [0.4, 0.5) is 11.4 Å². The molecule has 0 aromatic heterocycles. The van der Waals surface area contributed by atoms with Crippen molar-refractivity contribution in [3.63, 3.8) is 0 Å². The predicted molar refractivity (Wildman–Crippen MR) is 63.6 cm³/mol. The average Bonchev–Trinajstić information content (AvgIpc) is 2.20. The van der Waals surface area contributed by atoms with Crippen LogP contribution in [0.5, 0.6) is 0 Å². The predicted octanol–water partition coefficient (Wildman–Crippen LogP) is 2.40. The van der Waals surface area contributed by atoms with Crippen molar-refractivity contribution in [2.75, 3.05) is 17.2 Å². The fraction of sp³-hybridized carbons (Fsp3) is 0.417. The highest BCUT2D eigenvalue weighted by molar-refractivity contribution is 5.67. The smallest absolute Gasteiger partial charge is 0.0640 e. The van der Waals surface area contributed by atoms with Gasteiger partial charge in [-0.2, -0.15) is 5.26 Å².